The topological polar surface area (TPSA) is 24.7 Å². The van der Waals surface area contributed by atoms with Gasteiger partial charge in [0.25, 0.3) is 0 Å². The summed E-state index contributed by atoms with van der Waals surface area (Å²) in [5, 5.41) is 7.89. The fourth-order valence-electron chi connectivity index (χ4n) is 1.09. The average molecular weight is 188 g/mol. The Bertz CT molecular complexity index is 308. The van der Waals surface area contributed by atoms with Crippen molar-refractivity contribution in [1.82, 2.24) is 0 Å². The average Bonchev–Trinajstić information content (AvgIpc) is 2.18. The van der Waals surface area contributed by atoms with Crippen LogP contribution < -0.4 is 0 Å². The first-order chi connectivity index (χ1) is 6.79. The normalized spacial score (nSPS) is 10.4. The number of aryl methyl sites for hydroxylation is 1. The molecule has 0 atom stereocenters. The van der Waals surface area contributed by atoms with Gasteiger partial charge in [-0.05, 0) is 32.3 Å². The van der Waals surface area contributed by atoms with Gasteiger partial charge >= 0.3 is 0 Å². The molecule has 0 aliphatic heterocycles. The van der Waals surface area contributed by atoms with Gasteiger partial charge in [-0.1, -0.05) is 30.3 Å². The van der Waals surface area contributed by atoms with Crippen LogP contribution in [0.25, 0.3) is 0 Å². The van der Waals surface area contributed by atoms with Crippen molar-refractivity contribution in [3.05, 3.63) is 35.9 Å². The molecule has 0 N–H and O–H groups in total. The molecule has 0 unspecified atom stereocenters. The molecule has 0 aromatic heterocycles. The third-order valence-electron chi connectivity index (χ3n) is 1.74. The molecule has 74 valence electrons. The molecule has 1 aromatic rings. The zero-order chi connectivity index (χ0) is 10.2. The number of nitrogens with zero attached hydrogens (tertiary/aromatic N) is 2. The highest BCUT2D eigenvalue weighted by Gasteiger charge is 1.87. The van der Waals surface area contributed by atoms with Crippen LogP contribution in [0.2, 0.25) is 0 Å². The van der Waals surface area contributed by atoms with Gasteiger partial charge in [0.15, 0.2) is 0 Å². The Morgan fingerprint density at radius 1 is 1.21 bits per heavy atom. The lowest BCUT2D eigenvalue weighted by atomic mass is 10.1. The second-order valence-corrected chi connectivity index (χ2v) is 3.37. The van der Waals surface area contributed by atoms with E-state index in [2.05, 4.69) is 34.5 Å². The third kappa shape index (κ3) is 4.55. The van der Waals surface area contributed by atoms with E-state index in [0.29, 0.717) is 0 Å². The molecule has 0 saturated heterocycles. The Morgan fingerprint density at radius 2 is 1.93 bits per heavy atom. The lowest BCUT2D eigenvalue weighted by Crippen LogP contribution is -1.85. The Balaban J connectivity index is 2.29. The van der Waals surface area contributed by atoms with Crippen molar-refractivity contribution >= 4 is 11.9 Å². The summed E-state index contributed by atoms with van der Waals surface area (Å²) >= 11 is 0. The molecule has 0 aliphatic carbocycles. The van der Waals surface area contributed by atoms with Crippen molar-refractivity contribution < 1.29 is 0 Å². The van der Waals surface area contributed by atoms with E-state index in [0.717, 1.165) is 18.6 Å². The maximum absolute atomic E-state index is 3.95. The van der Waals surface area contributed by atoms with E-state index in [9.17, 15) is 0 Å². The highest BCUT2D eigenvalue weighted by molar-refractivity contribution is 5.79. The maximum atomic E-state index is 3.95. The van der Waals surface area contributed by atoms with Crippen LogP contribution in [-0.4, -0.2) is 11.9 Å². The second kappa shape index (κ2) is 6.08. The molecule has 0 saturated carbocycles. The summed E-state index contributed by atoms with van der Waals surface area (Å²) in [5.74, 6) is 0. The van der Waals surface area contributed by atoms with Crippen molar-refractivity contribution in [2.45, 2.75) is 26.7 Å². The minimum Gasteiger partial charge on any atom is -0.164 e. The van der Waals surface area contributed by atoms with Crippen molar-refractivity contribution in [2.24, 2.45) is 10.2 Å². The number of hydrogen-bond donors (Lipinski definition) is 0. The first-order valence-electron chi connectivity index (χ1n) is 4.85. The summed E-state index contributed by atoms with van der Waals surface area (Å²) in [6.07, 6.45) is 3.84. The van der Waals surface area contributed by atoms with Gasteiger partial charge in [0.05, 0.1) is 0 Å². The fraction of sp³-hybridized carbons (Fsp3) is 0.333. The van der Waals surface area contributed by atoms with Gasteiger partial charge in [0.2, 0.25) is 0 Å². The minimum atomic E-state index is 0.945. The zero-order valence-electron chi connectivity index (χ0n) is 8.77. The maximum Gasteiger partial charge on any atom is 0.0344 e. The van der Waals surface area contributed by atoms with Gasteiger partial charge in [0, 0.05) is 11.9 Å². The minimum absolute atomic E-state index is 0.945. The summed E-state index contributed by atoms with van der Waals surface area (Å²) in [7, 11) is 0. The van der Waals surface area contributed by atoms with E-state index in [1.807, 2.05) is 26.1 Å². The summed E-state index contributed by atoms with van der Waals surface area (Å²) in [5.41, 5.74) is 2.33. The molecule has 2 heteroatoms. The zero-order valence-corrected chi connectivity index (χ0v) is 8.77. The van der Waals surface area contributed by atoms with Crippen LogP contribution >= 0.6 is 0 Å². The van der Waals surface area contributed by atoms with Gasteiger partial charge in [-0.15, -0.1) is 0 Å². The molecule has 0 amide bonds. The molecular formula is C12H16N2. The van der Waals surface area contributed by atoms with Crippen LogP contribution in [0.4, 0.5) is 0 Å². The molecule has 0 aliphatic rings. The molecule has 1 rings (SSSR count). The Kier molecular flexibility index (Phi) is 4.62. The first-order valence-corrected chi connectivity index (χ1v) is 4.85. The second-order valence-electron chi connectivity index (χ2n) is 3.37. The largest absolute Gasteiger partial charge is 0.164 e. The molecule has 0 fully saturated rings. The standard InChI is InChI=1S/C12H16N2/c1-11(2)14-13-10-6-9-12-7-4-3-5-8-12/h3-5,7-8,10H,6,9H2,1-2H3/b13-10+. The van der Waals surface area contributed by atoms with Crippen LogP contribution in [0.1, 0.15) is 25.8 Å². The van der Waals surface area contributed by atoms with Crippen LogP contribution in [0.5, 0.6) is 0 Å². The van der Waals surface area contributed by atoms with Gasteiger partial charge in [-0.3, -0.25) is 0 Å². The highest BCUT2D eigenvalue weighted by Crippen LogP contribution is 2.00. The smallest absolute Gasteiger partial charge is 0.0344 e. The van der Waals surface area contributed by atoms with E-state index in [1.165, 1.54) is 5.56 Å². The monoisotopic (exact) mass is 188 g/mol. The van der Waals surface area contributed by atoms with E-state index >= 15 is 0 Å². The molecule has 14 heavy (non-hydrogen) atoms. The Hall–Kier alpha value is -1.44. The van der Waals surface area contributed by atoms with Gasteiger partial charge < -0.3 is 0 Å². The van der Waals surface area contributed by atoms with E-state index in [1.54, 1.807) is 0 Å². The predicted octanol–water partition coefficient (Wildman–Crippen LogP) is 3.09. The van der Waals surface area contributed by atoms with E-state index in [4.69, 9.17) is 0 Å². The highest BCUT2D eigenvalue weighted by atomic mass is 15.2. The fourth-order valence-corrected chi connectivity index (χ4v) is 1.09. The third-order valence-corrected chi connectivity index (χ3v) is 1.74. The quantitative estimate of drug-likeness (QED) is 0.512. The molecule has 1 aromatic carbocycles. The molecule has 0 bridgehead atoms. The summed E-state index contributed by atoms with van der Waals surface area (Å²) < 4.78 is 0. The van der Waals surface area contributed by atoms with Crippen LogP contribution in [0, 0.1) is 0 Å². The van der Waals surface area contributed by atoms with E-state index in [-0.39, 0.29) is 0 Å². The van der Waals surface area contributed by atoms with Crippen LogP contribution in [0.15, 0.2) is 40.5 Å². The van der Waals surface area contributed by atoms with Gasteiger partial charge in [0.1, 0.15) is 0 Å². The van der Waals surface area contributed by atoms with Crippen LogP contribution in [0.3, 0.4) is 0 Å². The van der Waals surface area contributed by atoms with E-state index < -0.39 is 0 Å². The Labute approximate surface area is 85.4 Å². The summed E-state index contributed by atoms with van der Waals surface area (Å²) in [6.45, 7) is 3.88. The predicted molar refractivity (Wildman–Crippen MR) is 62.0 cm³/mol. The van der Waals surface area contributed by atoms with Crippen molar-refractivity contribution in [3.63, 3.8) is 0 Å². The molecule has 0 spiro atoms. The van der Waals surface area contributed by atoms with Crippen molar-refractivity contribution in [2.75, 3.05) is 0 Å². The van der Waals surface area contributed by atoms with Crippen LogP contribution in [-0.2, 0) is 6.42 Å². The lowest BCUT2D eigenvalue weighted by molar-refractivity contribution is 1.04. The number of benzene rings is 1. The number of hydrogen-bond acceptors (Lipinski definition) is 2. The van der Waals surface area contributed by atoms with Crippen molar-refractivity contribution in [3.8, 4) is 0 Å². The van der Waals surface area contributed by atoms with Gasteiger partial charge in [-0.2, -0.15) is 10.2 Å². The van der Waals surface area contributed by atoms with Gasteiger partial charge in [-0.25, -0.2) is 0 Å². The molecule has 0 radical (unpaired) electrons. The lowest BCUT2D eigenvalue weighted by Gasteiger charge is -1.95. The molecule has 2 nitrogen and oxygen atoms in total. The Morgan fingerprint density at radius 3 is 2.57 bits per heavy atom. The SMILES string of the molecule is CC(C)=N/N=C/CCc1ccccc1. The molecular weight excluding hydrogens is 172 g/mol. The number of rotatable bonds is 4. The molecule has 0 heterocycles. The summed E-state index contributed by atoms with van der Waals surface area (Å²) in [6, 6.07) is 10.4. The van der Waals surface area contributed by atoms with Crippen molar-refractivity contribution in [1.29, 1.82) is 0 Å². The first kappa shape index (κ1) is 10.6. The summed E-state index contributed by atoms with van der Waals surface area (Å²) in [4.78, 5) is 0.